The fourth-order valence-corrected chi connectivity index (χ4v) is 0. The van der Waals surface area contributed by atoms with E-state index in [4.69, 9.17) is 12.8 Å². The van der Waals surface area contributed by atoms with Crippen LogP contribution in [-0.2, 0) is 0 Å². The van der Waals surface area contributed by atoms with Gasteiger partial charge < -0.3 is 25.7 Å². The SMILES string of the molecule is [C-]#C.[C-]#C.[Ho]. The molecule has 0 unspecified atom stereocenters. The summed E-state index contributed by atoms with van der Waals surface area (Å²) in [7, 11) is 0. The molecule has 0 bridgehead atoms. The van der Waals surface area contributed by atoms with Crippen LogP contribution in [0.25, 0.3) is 0 Å². The first kappa shape index (κ1) is 18.2. The van der Waals surface area contributed by atoms with Gasteiger partial charge in [0.15, 0.2) is 0 Å². The quantitative estimate of drug-likeness (QED) is 0.312. The van der Waals surface area contributed by atoms with E-state index >= 15 is 0 Å². The standard InChI is InChI=1S/2C2H.Ho/c2*1-2;/h2*1H;/q2*-1;. The molecule has 5 heavy (non-hydrogen) atoms. The molecule has 0 N–H and O–H groups in total. The maximum Gasteiger partial charge on any atom is 0 e. The Hall–Kier alpha value is 0.380. The molecule has 0 amide bonds. The summed E-state index contributed by atoms with van der Waals surface area (Å²) in [4.78, 5) is 0. The Morgan fingerprint density at radius 2 is 0.800 bits per heavy atom. The molecular formula is C4H2Ho-2. The van der Waals surface area contributed by atoms with Crippen molar-refractivity contribution in [3.05, 3.63) is 12.8 Å². The number of hydrogen-bond donors (Lipinski definition) is 0. The van der Waals surface area contributed by atoms with Crippen molar-refractivity contribution in [2.75, 3.05) is 0 Å². The van der Waals surface area contributed by atoms with Crippen LogP contribution in [0.4, 0.5) is 0 Å². The first-order valence-electron chi connectivity index (χ1n) is 0.577. The van der Waals surface area contributed by atoms with E-state index in [-0.39, 0.29) is 37.7 Å². The van der Waals surface area contributed by atoms with E-state index in [2.05, 4.69) is 12.8 Å². The molecule has 1 heteroatoms. The van der Waals surface area contributed by atoms with Crippen molar-refractivity contribution in [1.29, 1.82) is 0 Å². The van der Waals surface area contributed by atoms with Crippen molar-refractivity contribution in [3.8, 4) is 12.8 Å². The first-order chi connectivity index (χ1) is 2.00. The van der Waals surface area contributed by atoms with Crippen LogP contribution in [0.5, 0.6) is 0 Å². The predicted molar refractivity (Wildman–Crippen MR) is 16.4 cm³/mol. The van der Waals surface area contributed by atoms with Crippen LogP contribution in [0.15, 0.2) is 0 Å². The normalized spacial score (nSPS) is 0.800. The van der Waals surface area contributed by atoms with E-state index < -0.39 is 0 Å². The van der Waals surface area contributed by atoms with Gasteiger partial charge in [0.2, 0.25) is 0 Å². The molecule has 0 rings (SSSR count). The van der Waals surface area contributed by atoms with Crippen LogP contribution in [0.1, 0.15) is 0 Å². The van der Waals surface area contributed by atoms with E-state index in [1.165, 1.54) is 0 Å². The Labute approximate surface area is 63.0 Å². The summed E-state index contributed by atoms with van der Waals surface area (Å²) in [5, 5.41) is 0. The topological polar surface area (TPSA) is 0 Å². The minimum atomic E-state index is 0. The van der Waals surface area contributed by atoms with Gasteiger partial charge in [-0.1, -0.05) is 0 Å². The second kappa shape index (κ2) is 347. The molecule has 1 radical (unpaired) electrons. The zero-order chi connectivity index (χ0) is 4.00. The Balaban J connectivity index is -0.0000000133. The maximum atomic E-state index is 5.25. The van der Waals surface area contributed by atoms with Crippen molar-refractivity contribution >= 4 is 0 Å². The summed E-state index contributed by atoms with van der Waals surface area (Å²) < 4.78 is 0. The van der Waals surface area contributed by atoms with Gasteiger partial charge in [0.1, 0.15) is 0 Å². The largest absolute Gasteiger partial charge is 0.697 e. The molecule has 31 valence electrons. The molecule has 0 aliphatic carbocycles. The van der Waals surface area contributed by atoms with Crippen molar-refractivity contribution in [1.82, 2.24) is 0 Å². The van der Waals surface area contributed by atoms with Crippen LogP contribution in [0.2, 0.25) is 0 Å². The van der Waals surface area contributed by atoms with E-state index in [1.54, 1.807) is 0 Å². The molecule has 0 aliphatic rings. The van der Waals surface area contributed by atoms with Crippen LogP contribution >= 0.6 is 0 Å². The van der Waals surface area contributed by atoms with Crippen molar-refractivity contribution in [3.63, 3.8) is 0 Å². The molecule has 0 saturated heterocycles. The number of terminal acetylenes is 2. The minimum absolute atomic E-state index is 0. The average molecular weight is 215 g/mol. The van der Waals surface area contributed by atoms with Crippen molar-refractivity contribution in [2.45, 2.75) is 0 Å². The van der Waals surface area contributed by atoms with Crippen LogP contribution in [-0.4, -0.2) is 0 Å². The van der Waals surface area contributed by atoms with Gasteiger partial charge in [-0.3, -0.25) is 0 Å². The van der Waals surface area contributed by atoms with Gasteiger partial charge >= 0.3 is 0 Å². The third kappa shape index (κ3) is 172. The van der Waals surface area contributed by atoms with E-state index in [0.29, 0.717) is 0 Å². The number of rotatable bonds is 0. The molecular weight excluding hydrogens is 213 g/mol. The van der Waals surface area contributed by atoms with E-state index in [9.17, 15) is 0 Å². The summed E-state index contributed by atoms with van der Waals surface area (Å²) >= 11 is 0. The Bertz CT molecular complexity index is 19.1. The average Bonchev–Trinajstić information content (AvgIpc) is 1.50. The monoisotopic (exact) mass is 215 g/mol. The van der Waals surface area contributed by atoms with Gasteiger partial charge in [-0.05, 0) is 0 Å². The summed E-state index contributed by atoms with van der Waals surface area (Å²) in [6.07, 6.45) is 18.0. The van der Waals surface area contributed by atoms with Gasteiger partial charge in [-0.25, -0.2) is 0 Å². The third-order valence-electron chi connectivity index (χ3n) is 0. The van der Waals surface area contributed by atoms with Crippen LogP contribution < -0.4 is 0 Å². The van der Waals surface area contributed by atoms with Crippen LogP contribution in [0.3, 0.4) is 0 Å². The van der Waals surface area contributed by atoms with E-state index in [0.717, 1.165) is 0 Å². The molecule has 0 aromatic carbocycles. The summed E-state index contributed by atoms with van der Waals surface area (Å²) in [6, 6.07) is 0. The molecule has 0 fully saturated rings. The maximum absolute atomic E-state index is 5.25. The Morgan fingerprint density at radius 1 is 0.800 bits per heavy atom. The third-order valence-corrected chi connectivity index (χ3v) is 0. The smallest absolute Gasteiger partial charge is 0 e. The van der Waals surface area contributed by atoms with Gasteiger partial charge in [-0.2, -0.15) is 0 Å². The van der Waals surface area contributed by atoms with Gasteiger partial charge in [0, 0.05) is 37.7 Å². The summed E-state index contributed by atoms with van der Waals surface area (Å²) in [5.74, 6) is 0. The second-order valence-corrected chi connectivity index (χ2v) is 0. The molecule has 0 aromatic heterocycles. The van der Waals surface area contributed by atoms with Crippen LogP contribution in [0, 0.1) is 63.4 Å². The molecule has 0 aliphatic heterocycles. The predicted octanol–water partition coefficient (Wildman–Crippen LogP) is 0.412. The summed E-state index contributed by atoms with van der Waals surface area (Å²) in [5.41, 5.74) is 0. The van der Waals surface area contributed by atoms with E-state index in [1.807, 2.05) is 0 Å². The van der Waals surface area contributed by atoms with Gasteiger partial charge in [0.05, 0.1) is 0 Å². The second-order valence-electron chi connectivity index (χ2n) is 0. The zero-order valence-corrected chi connectivity index (χ0v) is 4.39. The first-order valence-corrected chi connectivity index (χ1v) is 0.577. The molecule has 0 saturated carbocycles. The Morgan fingerprint density at radius 3 is 0.800 bits per heavy atom. The molecule has 0 spiro atoms. The summed E-state index contributed by atoms with van der Waals surface area (Å²) in [6.45, 7) is 0. The van der Waals surface area contributed by atoms with Gasteiger partial charge in [0.25, 0.3) is 0 Å². The van der Waals surface area contributed by atoms with Gasteiger partial charge in [-0.15, -0.1) is 0 Å². The fourth-order valence-electron chi connectivity index (χ4n) is 0. The number of hydrogen-bond acceptors (Lipinski definition) is 0. The minimum Gasteiger partial charge on any atom is -0.697 e. The zero-order valence-electron chi connectivity index (χ0n) is 2.46. The molecule has 0 nitrogen and oxygen atoms in total. The molecule has 0 heterocycles. The molecule has 0 atom stereocenters. The van der Waals surface area contributed by atoms with Crippen molar-refractivity contribution in [2.24, 2.45) is 0 Å². The van der Waals surface area contributed by atoms with Crippen molar-refractivity contribution < 1.29 is 37.7 Å². The fraction of sp³-hybridized carbons (Fsp3) is 0. The molecule has 0 aromatic rings. The Kier molecular flexibility index (Phi) is 1260.